The molecule has 0 spiro atoms. The summed E-state index contributed by atoms with van der Waals surface area (Å²) in [6, 6.07) is 7.86. The lowest BCUT2D eigenvalue weighted by molar-refractivity contribution is -0.141. The number of morpholine rings is 1. The molecule has 2 aliphatic heterocycles. The van der Waals surface area contributed by atoms with Crippen LogP contribution in [0.5, 0.6) is 0 Å². The minimum Gasteiger partial charge on any atom is -0.378 e. The van der Waals surface area contributed by atoms with Gasteiger partial charge in [-0.25, -0.2) is 0 Å². The van der Waals surface area contributed by atoms with Gasteiger partial charge in [0, 0.05) is 29.6 Å². The molecule has 0 saturated carbocycles. The molecule has 0 aliphatic carbocycles. The van der Waals surface area contributed by atoms with Crippen molar-refractivity contribution in [2.75, 3.05) is 57.5 Å². The van der Waals surface area contributed by atoms with E-state index in [-0.39, 0.29) is 17.7 Å². The number of benzene rings is 1. The van der Waals surface area contributed by atoms with Crippen LogP contribution in [0.2, 0.25) is 0 Å². The zero-order chi connectivity index (χ0) is 18.4. The highest BCUT2D eigenvalue weighted by Crippen LogP contribution is 2.21. The average Bonchev–Trinajstić information content (AvgIpc) is 2.69. The lowest BCUT2D eigenvalue weighted by atomic mass is 9.95. The Morgan fingerprint density at radius 3 is 2.62 bits per heavy atom. The van der Waals surface area contributed by atoms with Gasteiger partial charge in [-0.1, -0.05) is 6.07 Å². The van der Waals surface area contributed by atoms with E-state index in [1.165, 1.54) is 0 Å². The number of ether oxygens (including phenoxy) is 1. The molecule has 7 heteroatoms. The molecule has 26 heavy (non-hydrogen) atoms. The van der Waals surface area contributed by atoms with Crippen molar-refractivity contribution in [1.29, 1.82) is 0 Å². The van der Waals surface area contributed by atoms with Gasteiger partial charge in [-0.05, 0) is 50.4 Å². The lowest BCUT2D eigenvalue weighted by Crippen LogP contribution is -2.47. The van der Waals surface area contributed by atoms with Crippen molar-refractivity contribution in [1.82, 2.24) is 9.80 Å². The third-order valence-electron chi connectivity index (χ3n) is 4.98. The normalized spacial score (nSPS) is 19.3. The monoisotopic (exact) mass is 377 g/mol. The van der Waals surface area contributed by atoms with E-state index in [1.54, 1.807) is 11.8 Å². The van der Waals surface area contributed by atoms with Crippen LogP contribution in [0.3, 0.4) is 0 Å². The minimum absolute atomic E-state index is 0.00112. The second kappa shape index (κ2) is 9.39. The predicted octanol–water partition coefficient (Wildman–Crippen LogP) is 1.92. The summed E-state index contributed by atoms with van der Waals surface area (Å²) in [4.78, 5) is 30.0. The third-order valence-corrected chi connectivity index (χ3v) is 5.71. The maximum Gasteiger partial charge on any atom is 0.238 e. The van der Waals surface area contributed by atoms with Gasteiger partial charge in [0.1, 0.15) is 0 Å². The number of rotatable bonds is 5. The Hall–Kier alpha value is -1.57. The van der Waals surface area contributed by atoms with Crippen LogP contribution in [0.15, 0.2) is 29.2 Å². The van der Waals surface area contributed by atoms with Crippen LogP contribution in [0.25, 0.3) is 0 Å². The first-order chi connectivity index (χ1) is 12.7. The van der Waals surface area contributed by atoms with E-state index < -0.39 is 0 Å². The van der Waals surface area contributed by atoms with Gasteiger partial charge in [-0.2, -0.15) is 0 Å². The molecule has 1 N–H and O–H groups in total. The fourth-order valence-electron chi connectivity index (χ4n) is 3.48. The molecular weight excluding hydrogens is 350 g/mol. The first kappa shape index (κ1) is 19.2. The number of piperidine rings is 1. The van der Waals surface area contributed by atoms with E-state index >= 15 is 0 Å². The van der Waals surface area contributed by atoms with Crippen LogP contribution in [-0.4, -0.2) is 73.8 Å². The van der Waals surface area contributed by atoms with Gasteiger partial charge >= 0.3 is 0 Å². The lowest BCUT2D eigenvalue weighted by Gasteiger charge is -2.35. The van der Waals surface area contributed by atoms with E-state index in [4.69, 9.17) is 4.74 Å². The van der Waals surface area contributed by atoms with Crippen LogP contribution in [0.4, 0.5) is 5.69 Å². The maximum absolute atomic E-state index is 12.6. The standard InChI is InChI=1S/C19H27N3O3S/c1-26-17-4-2-3-16(13-17)20-18(23)14-21-7-5-15(6-8-21)19(24)22-9-11-25-12-10-22/h2-4,13,15H,5-12,14H2,1H3,(H,20,23). The molecule has 0 aromatic heterocycles. The number of nitrogens with one attached hydrogen (secondary N) is 1. The topological polar surface area (TPSA) is 61.9 Å². The number of thioether (sulfide) groups is 1. The van der Waals surface area contributed by atoms with Gasteiger partial charge in [-0.3, -0.25) is 14.5 Å². The van der Waals surface area contributed by atoms with Crippen molar-refractivity contribution in [2.45, 2.75) is 17.7 Å². The van der Waals surface area contributed by atoms with E-state index in [0.29, 0.717) is 32.8 Å². The Labute approximate surface area is 159 Å². The number of hydrogen-bond donors (Lipinski definition) is 1. The number of anilines is 1. The summed E-state index contributed by atoms with van der Waals surface area (Å²) in [6.45, 7) is 4.65. The smallest absolute Gasteiger partial charge is 0.238 e. The van der Waals surface area contributed by atoms with Crippen molar-refractivity contribution in [2.24, 2.45) is 5.92 Å². The number of carbonyl (C=O) groups excluding carboxylic acids is 2. The molecule has 2 amide bonds. The fraction of sp³-hybridized carbons (Fsp3) is 0.579. The Morgan fingerprint density at radius 2 is 1.92 bits per heavy atom. The maximum atomic E-state index is 12.6. The zero-order valence-electron chi connectivity index (χ0n) is 15.3. The van der Waals surface area contributed by atoms with Crippen LogP contribution >= 0.6 is 11.8 Å². The van der Waals surface area contributed by atoms with E-state index in [2.05, 4.69) is 10.2 Å². The number of amides is 2. The second-order valence-electron chi connectivity index (χ2n) is 6.77. The molecule has 6 nitrogen and oxygen atoms in total. The van der Waals surface area contributed by atoms with Crippen LogP contribution < -0.4 is 5.32 Å². The van der Waals surface area contributed by atoms with E-state index in [9.17, 15) is 9.59 Å². The molecular formula is C19H27N3O3S. The first-order valence-corrected chi connectivity index (χ1v) is 10.4. The average molecular weight is 378 g/mol. The summed E-state index contributed by atoms with van der Waals surface area (Å²) in [5, 5.41) is 2.97. The molecule has 2 fully saturated rings. The Morgan fingerprint density at radius 1 is 1.19 bits per heavy atom. The van der Waals surface area contributed by atoms with Gasteiger partial charge in [0.15, 0.2) is 0 Å². The van der Waals surface area contributed by atoms with E-state index in [1.807, 2.05) is 35.4 Å². The Kier molecular flexibility index (Phi) is 6.93. The van der Waals surface area contributed by atoms with Gasteiger partial charge in [-0.15, -0.1) is 11.8 Å². The fourth-order valence-corrected chi connectivity index (χ4v) is 3.94. The van der Waals surface area contributed by atoms with Crippen LogP contribution in [0.1, 0.15) is 12.8 Å². The molecule has 0 bridgehead atoms. The highest BCUT2D eigenvalue weighted by atomic mass is 32.2. The van der Waals surface area contributed by atoms with Crippen molar-refractivity contribution < 1.29 is 14.3 Å². The van der Waals surface area contributed by atoms with Gasteiger partial charge in [0.2, 0.25) is 11.8 Å². The van der Waals surface area contributed by atoms with Gasteiger partial charge in [0.25, 0.3) is 0 Å². The molecule has 1 aromatic rings. The summed E-state index contributed by atoms with van der Waals surface area (Å²) in [6.07, 6.45) is 3.67. The summed E-state index contributed by atoms with van der Waals surface area (Å²) in [7, 11) is 0. The largest absolute Gasteiger partial charge is 0.378 e. The molecule has 0 radical (unpaired) electrons. The molecule has 142 valence electrons. The molecule has 2 saturated heterocycles. The molecule has 3 rings (SSSR count). The van der Waals surface area contributed by atoms with Crippen molar-refractivity contribution in [3.63, 3.8) is 0 Å². The third kappa shape index (κ3) is 5.22. The first-order valence-electron chi connectivity index (χ1n) is 9.18. The molecule has 0 unspecified atom stereocenters. The quantitative estimate of drug-likeness (QED) is 0.795. The van der Waals surface area contributed by atoms with Crippen LogP contribution in [0, 0.1) is 5.92 Å². The number of likely N-dealkylation sites (tertiary alicyclic amines) is 1. The molecule has 2 aliphatic rings. The SMILES string of the molecule is CSc1cccc(NC(=O)CN2CCC(C(=O)N3CCOCC3)CC2)c1. The van der Waals surface area contributed by atoms with E-state index in [0.717, 1.165) is 36.5 Å². The molecule has 2 heterocycles. The highest BCUT2D eigenvalue weighted by Gasteiger charge is 2.29. The summed E-state index contributed by atoms with van der Waals surface area (Å²) < 4.78 is 5.31. The second-order valence-corrected chi connectivity index (χ2v) is 7.65. The van der Waals surface area contributed by atoms with Crippen molar-refractivity contribution in [3.05, 3.63) is 24.3 Å². The Bertz CT molecular complexity index is 626. The number of nitrogens with zero attached hydrogens (tertiary/aromatic N) is 2. The minimum atomic E-state index is 0.00112. The highest BCUT2D eigenvalue weighted by molar-refractivity contribution is 7.98. The number of carbonyl (C=O) groups is 2. The van der Waals surface area contributed by atoms with Crippen molar-refractivity contribution >= 4 is 29.3 Å². The van der Waals surface area contributed by atoms with Gasteiger partial charge < -0.3 is 15.0 Å². The summed E-state index contributed by atoms with van der Waals surface area (Å²) in [5.74, 6) is 0.346. The number of hydrogen-bond acceptors (Lipinski definition) is 5. The summed E-state index contributed by atoms with van der Waals surface area (Å²) >= 11 is 1.65. The zero-order valence-corrected chi connectivity index (χ0v) is 16.1. The van der Waals surface area contributed by atoms with Gasteiger partial charge in [0.05, 0.1) is 19.8 Å². The molecule has 0 atom stereocenters. The van der Waals surface area contributed by atoms with Crippen molar-refractivity contribution in [3.8, 4) is 0 Å². The van der Waals surface area contributed by atoms with Crippen LogP contribution in [-0.2, 0) is 14.3 Å². The summed E-state index contributed by atoms with van der Waals surface area (Å²) in [5.41, 5.74) is 0.833. The molecule has 1 aromatic carbocycles. The predicted molar refractivity (Wildman–Crippen MR) is 103 cm³/mol. The Balaban J connectivity index is 1.43.